The lowest BCUT2D eigenvalue weighted by atomic mass is 10.3. The van der Waals surface area contributed by atoms with Gasteiger partial charge in [-0.1, -0.05) is 17.7 Å². The second-order valence-electron chi connectivity index (χ2n) is 3.83. The third kappa shape index (κ3) is 3.36. The van der Waals surface area contributed by atoms with Crippen molar-refractivity contribution in [2.45, 2.75) is 18.4 Å². The van der Waals surface area contributed by atoms with E-state index in [1.54, 1.807) is 16.8 Å². The van der Waals surface area contributed by atoms with Gasteiger partial charge in [-0.05, 0) is 25.1 Å². The van der Waals surface area contributed by atoms with Gasteiger partial charge in [-0.3, -0.25) is 9.48 Å². The van der Waals surface area contributed by atoms with Gasteiger partial charge in [-0.15, -0.1) is 11.8 Å². The van der Waals surface area contributed by atoms with Gasteiger partial charge in [-0.25, -0.2) is 4.39 Å². The quantitative estimate of drug-likeness (QED) is 0.624. The third-order valence-corrected chi connectivity index (χ3v) is 3.79. The lowest BCUT2D eigenvalue weighted by Gasteiger charge is -2.05. The zero-order chi connectivity index (χ0) is 13.8. The van der Waals surface area contributed by atoms with Gasteiger partial charge in [0.15, 0.2) is 5.78 Å². The van der Waals surface area contributed by atoms with Crippen molar-refractivity contribution in [2.75, 3.05) is 5.75 Å². The Morgan fingerprint density at radius 3 is 3.00 bits per heavy atom. The minimum absolute atomic E-state index is 0.112. The maximum atomic E-state index is 13.0. The first-order valence-corrected chi connectivity index (χ1v) is 7.11. The number of thioether (sulfide) groups is 1. The molecular formula is C13H12ClFN2OS. The molecule has 2 rings (SSSR count). The zero-order valence-corrected chi connectivity index (χ0v) is 11.8. The van der Waals surface area contributed by atoms with Crippen LogP contribution in [0.5, 0.6) is 0 Å². The molecule has 6 heteroatoms. The molecule has 0 bridgehead atoms. The van der Waals surface area contributed by atoms with Crippen LogP contribution in [0.3, 0.4) is 0 Å². The molecule has 1 aromatic heterocycles. The van der Waals surface area contributed by atoms with Gasteiger partial charge >= 0.3 is 0 Å². The van der Waals surface area contributed by atoms with Crippen molar-refractivity contribution in [1.29, 1.82) is 0 Å². The Balaban J connectivity index is 2.07. The molecule has 0 fully saturated rings. The maximum absolute atomic E-state index is 13.0. The van der Waals surface area contributed by atoms with Gasteiger partial charge in [0, 0.05) is 11.4 Å². The molecule has 0 N–H and O–H groups in total. The van der Waals surface area contributed by atoms with Crippen LogP contribution in [0.4, 0.5) is 4.39 Å². The Kier molecular flexibility index (Phi) is 4.61. The summed E-state index contributed by atoms with van der Waals surface area (Å²) in [6.07, 6.45) is 1.46. The SMILES string of the molecule is CCn1ncc(Cl)c1C(=O)CSc1cccc(F)c1. The average molecular weight is 299 g/mol. The summed E-state index contributed by atoms with van der Waals surface area (Å²) < 4.78 is 14.6. The minimum Gasteiger partial charge on any atom is -0.291 e. The molecule has 3 nitrogen and oxygen atoms in total. The monoisotopic (exact) mass is 298 g/mol. The lowest BCUT2D eigenvalue weighted by Crippen LogP contribution is -2.11. The fourth-order valence-electron chi connectivity index (χ4n) is 1.65. The number of hydrogen-bond acceptors (Lipinski definition) is 3. The van der Waals surface area contributed by atoms with E-state index in [2.05, 4.69) is 5.10 Å². The number of halogens is 2. The molecular weight excluding hydrogens is 287 g/mol. The number of ketones is 1. The van der Waals surface area contributed by atoms with Crippen LogP contribution in [-0.2, 0) is 6.54 Å². The molecule has 2 aromatic rings. The van der Waals surface area contributed by atoms with Crippen LogP contribution in [0.15, 0.2) is 35.4 Å². The van der Waals surface area contributed by atoms with E-state index in [0.29, 0.717) is 22.2 Å². The van der Waals surface area contributed by atoms with E-state index < -0.39 is 0 Å². The van der Waals surface area contributed by atoms with Crippen molar-refractivity contribution in [3.63, 3.8) is 0 Å². The topological polar surface area (TPSA) is 34.9 Å². The molecule has 0 spiro atoms. The van der Waals surface area contributed by atoms with Crippen LogP contribution in [0.1, 0.15) is 17.4 Å². The number of Topliss-reactive ketones (excluding diaryl/α,β-unsaturated/α-hetero) is 1. The molecule has 100 valence electrons. The summed E-state index contributed by atoms with van der Waals surface area (Å²) in [5.74, 6) is -0.220. The largest absolute Gasteiger partial charge is 0.291 e. The maximum Gasteiger partial charge on any atom is 0.192 e. The van der Waals surface area contributed by atoms with Gasteiger partial charge in [0.05, 0.1) is 17.0 Å². The number of hydrogen-bond donors (Lipinski definition) is 0. The van der Waals surface area contributed by atoms with Crippen LogP contribution in [0.25, 0.3) is 0 Å². The zero-order valence-electron chi connectivity index (χ0n) is 10.3. The van der Waals surface area contributed by atoms with E-state index in [1.165, 1.54) is 30.1 Å². The highest BCUT2D eigenvalue weighted by Crippen LogP contribution is 2.22. The summed E-state index contributed by atoms with van der Waals surface area (Å²) in [4.78, 5) is 12.8. The summed E-state index contributed by atoms with van der Waals surface area (Å²) >= 11 is 7.23. The summed E-state index contributed by atoms with van der Waals surface area (Å²) in [5, 5.41) is 4.37. The predicted octanol–water partition coefficient (Wildman–Crippen LogP) is 3.67. The van der Waals surface area contributed by atoms with Crippen LogP contribution in [0, 0.1) is 5.82 Å². The average Bonchev–Trinajstić information content (AvgIpc) is 2.77. The van der Waals surface area contributed by atoms with E-state index in [4.69, 9.17) is 11.6 Å². The molecule has 0 atom stereocenters. The predicted molar refractivity (Wildman–Crippen MR) is 74.4 cm³/mol. The fraction of sp³-hybridized carbons (Fsp3) is 0.231. The van der Waals surface area contributed by atoms with Crippen molar-refractivity contribution in [2.24, 2.45) is 0 Å². The Bertz CT molecular complexity index is 600. The number of carbonyl (C=O) groups excluding carboxylic acids is 1. The molecule has 1 aromatic carbocycles. The highest BCUT2D eigenvalue weighted by molar-refractivity contribution is 8.00. The fourth-order valence-corrected chi connectivity index (χ4v) is 2.71. The van der Waals surface area contributed by atoms with E-state index in [0.717, 1.165) is 0 Å². The van der Waals surface area contributed by atoms with Gasteiger partial charge < -0.3 is 0 Å². The second kappa shape index (κ2) is 6.21. The van der Waals surface area contributed by atoms with Crippen LogP contribution < -0.4 is 0 Å². The van der Waals surface area contributed by atoms with Crippen molar-refractivity contribution < 1.29 is 9.18 Å². The van der Waals surface area contributed by atoms with Gasteiger partial charge in [0.1, 0.15) is 11.5 Å². The van der Waals surface area contributed by atoms with Crippen LogP contribution >= 0.6 is 23.4 Å². The van der Waals surface area contributed by atoms with Crippen molar-refractivity contribution in [1.82, 2.24) is 9.78 Å². The smallest absolute Gasteiger partial charge is 0.192 e. The Morgan fingerprint density at radius 1 is 1.53 bits per heavy atom. The normalized spacial score (nSPS) is 10.7. The van der Waals surface area contributed by atoms with E-state index in [1.807, 2.05) is 6.92 Å². The Labute approximate surface area is 119 Å². The van der Waals surface area contributed by atoms with Crippen LogP contribution in [-0.4, -0.2) is 21.3 Å². The number of aryl methyl sites for hydroxylation is 1. The molecule has 0 amide bonds. The summed E-state index contributed by atoms with van der Waals surface area (Å²) in [6, 6.07) is 6.15. The first kappa shape index (κ1) is 14.1. The number of nitrogens with zero attached hydrogens (tertiary/aromatic N) is 2. The Morgan fingerprint density at radius 2 is 2.32 bits per heavy atom. The summed E-state index contributed by atoms with van der Waals surface area (Å²) in [7, 11) is 0. The number of benzene rings is 1. The lowest BCUT2D eigenvalue weighted by molar-refractivity contribution is 0.101. The van der Waals surface area contributed by atoms with E-state index in [9.17, 15) is 9.18 Å². The van der Waals surface area contributed by atoms with E-state index >= 15 is 0 Å². The highest BCUT2D eigenvalue weighted by Gasteiger charge is 2.16. The Hall–Kier alpha value is -1.33. The minimum atomic E-state index is -0.311. The van der Waals surface area contributed by atoms with Crippen molar-refractivity contribution in [3.8, 4) is 0 Å². The number of rotatable bonds is 5. The molecule has 0 saturated carbocycles. The van der Waals surface area contributed by atoms with Crippen molar-refractivity contribution >= 4 is 29.1 Å². The first-order valence-electron chi connectivity index (χ1n) is 5.74. The molecule has 0 saturated heterocycles. The highest BCUT2D eigenvalue weighted by atomic mass is 35.5. The number of carbonyl (C=O) groups is 1. The van der Waals surface area contributed by atoms with Crippen molar-refractivity contribution in [3.05, 3.63) is 47.0 Å². The summed E-state index contributed by atoms with van der Waals surface area (Å²) in [6.45, 7) is 2.47. The summed E-state index contributed by atoms with van der Waals surface area (Å²) in [5.41, 5.74) is 0.410. The molecule has 0 aliphatic heterocycles. The standard InChI is InChI=1S/C13H12ClFN2OS/c1-2-17-13(11(14)7-16-17)12(18)8-19-10-5-3-4-9(15)6-10/h3-7H,2,8H2,1H3. The molecule has 19 heavy (non-hydrogen) atoms. The van der Waals surface area contributed by atoms with Gasteiger partial charge in [-0.2, -0.15) is 5.10 Å². The third-order valence-electron chi connectivity index (χ3n) is 2.52. The van der Waals surface area contributed by atoms with Gasteiger partial charge in [0.2, 0.25) is 0 Å². The molecule has 1 heterocycles. The molecule has 0 aliphatic rings. The van der Waals surface area contributed by atoms with E-state index in [-0.39, 0.29) is 17.4 Å². The first-order chi connectivity index (χ1) is 9.11. The molecule has 0 unspecified atom stereocenters. The molecule has 0 radical (unpaired) electrons. The second-order valence-corrected chi connectivity index (χ2v) is 5.28. The molecule has 0 aliphatic carbocycles. The number of aromatic nitrogens is 2. The van der Waals surface area contributed by atoms with Crippen LogP contribution in [0.2, 0.25) is 5.02 Å². The van der Waals surface area contributed by atoms with Gasteiger partial charge in [0.25, 0.3) is 0 Å².